The summed E-state index contributed by atoms with van der Waals surface area (Å²) in [5, 5.41) is 6.08. The van der Waals surface area contributed by atoms with Crippen molar-refractivity contribution in [3.05, 3.63) is 34.9 Å². The van der Waals surface area contributed by atoms with Gasteiger partial charge in [0.05, 0.1) is 13.0 Å². The summed E-state index contributed by atoms with van der Waals surface area (Å²) in [5.74, 6) is -0.0193. The number of hydrogen-bond acceptors (Lipinski definition) is 6. The maximum atomic E-state index is 12.5. The number of aryl methyl sites for hydroxylation is 2. The Morgan fingerprint density at radius 2 is 1.85 bits per heavy atom. The van der Waals surface area contributed by atoms with Gasteiger partial charge in [-0.15, -0.1) is 0 Å². The Kier molecular flexibility index (Phi) is 5.68. The molecule has 1 N–H and O–H groups in total. The van der Waals surface area contributed by atoms with Crippen molar-refractivity contribution >= 4 is 17.7 Å². The Morgan fingerprint density at radius 3 is 2.48 bits per heavy atom. The number of nitrogens with zero attached hydrogens (tertiary/aromatic N) is 2. The van der Waals surface area contributed by atoms with Crippen LogP contribution in [-0.2, 0) is 19.2 Å². The maximum Gasteiger partial charge on any atom is 0.306 e. The molecule has 1 aliphatic heterocycles. The van der Waals surface area contributed by atoms with Crippen LogP contribution in [0.15, 0.2) is 23.4 Å². The molecule has 1 amide bonds. The first-order valence-corrected chi connectivity index (χ1v) is 9.54. The van der Waals surface area contributed by atoms with Gasteiger partial charge in [0.2, 0.25) is 11.6 Å². The number of benzene rings is 1. The van der Waals surface area contributed by atoms with E-state index in [1.807, 2.05) is 26.0 Å². The second kappa shape index (κ2) is 7.98. The minimum atomic E-state index is -0.632. The molecule has 0 aromatic heterocycles. The smallest absolute Gasteiger partial charge is 0.306 e. The van der Waals surface area contributed by atoms with Crippen LogP contribution in [0.25, 0.3) is 0 Å². The molecule has 0 bridgehead atoms. The fourth-order valence-electron chi connectivity index (χ4n) is 3.71. The number of nitrogens with one attached hydrogen (secondary N) is 1. The van der Waals surface area contributed by atoms with Gasteiger partial charge in [-0.1, -0.05) is 22.3 Å². The molecule has 1 fully saturated rings. The molecule has 27 heavy (non-hydrogen) atoms. The molecule has 1 saturated carbocycles. The van der Waals surface area contributed by atoms with E-state index in [9.17, 15) is 9.59 Å². The van der Waals surface area contributed by atoms with E-state index in [0.717, 1.165) is 42.4 Å². The fraction of sp³-hybridized carbons (Fsp3) is 0.550. The number of amides is 1. The summed E-state index contributed by atoms with van der Waals surface area (Å²) in [4.78, 5) is 29.9. The Morgan fingerprint density at radius 1 is 1.19 bits per heavy atom. The molecule has 1 heterocycles. The SMILES string of the molecule is CCOC(=O)CCC(=O)NN1C(c2cc(C)cc(C)c2)=NOC12CCCC2. The van der Waals surface area contributed by atoms with Crippen LogP contribution >= 0.6 is 0 Å². The largest absolute Gasteiger partial charge is 0.466 e. The Bertz CT molecular complexity index is 733. The third kappa shape index (κ3) is 4.23. The third-order valence-corrected chi connectivity index (χ3v) is 4.88. The summed E-state index contributed by atoms with van der Waals surface area (Å²) >= 11 is 0. The van der Waals surface area contributed by atoms with Crippen molar-refractivity contribution in [3.8, 4) is 0 Å². The van der Waals surface area contributed by atoms with E-state index < -0.39 is 5.72 Å². The monoisotopic (exact) mass is 373 g/mol. The number of hydrazine groups is 1. The maximum absolute atomic E-state index is 12.5. The lowest BCUT2D eigenvalue weighted by Crippen LogP contribution is -2.56. The molecule has 2 aliphatic rings. The van der Waals surface area contributed by atoms with Crippen molar-refractivity contribution in [2.45, 2.75) is 65.0 Å². The predicted molar refractivity (Wildman–Crippen MR) is 101 cm³/mol. The van der Waals surface area contributed by atoms with Crippen molar-refractivity contribution in [2.75, 3.05) is 6.61 Å². The number of ether oxygens (including phenoxy) is 1. The van der Waals surface area contributed by atoms with Crippen LogP contribution in [0.1, 0.15) is 62.1 Å². The molecule has 3 rings (SSSR count). The van der Waals surface area contributed by atoms with E-state index in [-0.39, 0.29) is 24.7 Å². The van der Waals surface area contributed by atoms with E-state index in [4.69, 9.17) is 9.57 Å². The van der Waals surface area contributed by atoms with Gasteiger partial charge in [0.15, 0.2) is 5.84 Å². The third-order valence-electron chi connectivity index (χ3n) is 4.88. The molecule has 1 aliphatic carbocycles. The van der Waals surface area contributed by atoms with Crippen molar-refractivity contribution < 1.29 is 19.2 Å². The number of oxime groups is 1. The lowest BCUT2D eigenvalue weighted by molar-refractivity contribution is -0.147. The van der Waals surface area contributed by atoms with Gasteiger partial charge in [-0.3, -0.25) is 15.0 Å². The summed E-state index contributed by atoms with van der Waals surface area (Å²) < 4.78 is 4.89. The predicted octanol–water partition coefficient (Wildman–Crippen LogP) is 2.94. The van der Waals surface area contributed by atoms with Gasteiger partial charge >= 0.3 is 5.97 Å². The van der Waals surface area contributed by atoms with Gasteiger partial charge in [-0.05, 0) is 45.7 Å². The number of esters is 1. The molecule has 7 nitrogen and oxygen atoms in total. The van der Waals surface area contributed by atoms with Crippen molar-refractivity contribution in [2.24, 2.45) is 5.16 Å². The number of rotatable bonds is 6. The zero-order chi connectivity index (χ0) is 19.4. The second-order valence-corrected chi connectivity index (χ2v) is 7.21. The molecule has 1 spiro atoms. The van der Waals surface area contributed by atoms with Crippen molar-refractivity contribution in [3.63, 3.8) is 0 Å². The Labute approximate surface area is 159 Å². The van der Waals surface area contributed by atoms with E-state index >= 15 is 0 Å². The number of amidine groups is 1. The highest BCUT2D eigenvalue weighted by Crippen LogP contribution is 2.40. The molecular formula is C20H27N3O4. The van der Waals surface area contributed by atoms with Crippen LogP contribution in [0, 0.1) is 13.8 Å². The van der Waals surface area contributed by atoms with E-state index in [0.29, 0.717) is 12.4 Å². The molecule has 7 heteroatoms. The normalized spacial score (nSPS) is 17.6. The molecule has 1 aromatic rings. The lowest BCUT2D eigenvalue weighted by atomic mass is 10.1. The van der Waals surface area contributed by atoms with E-state index in [1.54, 1.807) is 11.9 Å². The van der Waals surface area contributed by atoms with Gasteiger partial charge in [-0.2, -0.15) is 0 Å². The first-order chi connectivity index (χ1) is 12.9. The van der Waals surface area contributed by atoms with Crippen LogP contribution in [-0.4, -0.2) is 35.1 Å². The molecule has 0 atom stereocenters. The summed E-state index contributed by atoms with van der Waals surface area (Å²) in [7, 11) is 0. The molecule has 0 unspecified atom stereocenters. The average Bonchev–Trinajstić information content (AvgIpc) is 3.21. The number of hydrogen-bond donors (Lipinski definition) is 1. The zero-order valence-corrected chi connectivity index (χ0v) is 16.2. The van der Waals surface area contributed by atoms with Gasteiger partial charge < -0.3 is 9.57 Å². The molecule has 0 radical (unpaired) electrons. The number of carbonyl (C=O) groups excluding carboxylic acids is 2. The van der Waals surface area contributed by atoms with Crippen LogP contribution < -0.4 is 5.43 Å². The minimum Gasteiger partial charge on any atom is -0.466 e. The first kappa shape index (κ1) is 19.2. The summed E-state index contributed by atoms with van der Waals surface area (Å²) in [5.41, 5.74) is 5.44. The van der Waals surface area contributed by atoms with Crippen LogP contribution in [0.3, 0.4) is 0 Å². The van der Waals surface area contributed by atoms with Gasteiger partial charge in [0, 0.05) is 24.8 Å². The van der Waals surface area contributed by atoms with Gasteiger partial charge in [0.1, 0.15) is 0 Å². The van der Waals surface area contributed by atoms with Gasteiger partial charge in [-0.25, -0.2) is 5.01 Å². The standard InChI is InChI=1S/C20H27N3O4/c1-4-26-18(25)8-7-17(24)21-23-19(16-12-14(2)11-15(3)13-16)22-27-20(23)9-5-6-10-20/h11-13H,4-10H2,1-3H3,(H,21,24). The first-order valence-electron chi connectivity index (χ1n) is 9.54. The highest BCUT2D eigenvalue weighted by atomic mass is 16.7. The van der Waals surface area contributed by atoms with Crippen molar-refractivity contribution in [1.29, 1.82) is 0 Å². The molecule has 0 saturated heterocycles. The quantitative estimate of drug-likeness (QED) is 0.776. The summed E-state index contributed by atoms with van der Waals surface area (Å²) in [6, 6.07) is 6.15. The topological polar surface area (TPSA) is 80.2 Å². The fourth-order valence-corrected chi connectivity index (χ4v) is 3.71. The van der Waals surface area contributed by atoms with E-state index in [2.05, 4.69) is 16.6 Å². The Hall–Kier alpha value is -2.57. The highest BCUT2D eigenvalue weighted by Gasteiger charge is 2.49. The van der Waals surface area contributed by atoms with E-state index in [1.165, 1.54) is 0 Å². The number of carbonyl (C=O) groups is 2. The van der Waals surface area contributed by atoms with Crippen LogP contribution in [0.2, 0.25) is 0 Å². The van der Waals surface area contributed by atoms with Gasteiger partial charge in [0.25, 0.3) is 0 Å². The molecule has 146 valence electrons. The van der Waals surface area contributed by atoms with Crippen molar-refractivity contribution in [1.82, 2.24) is 10.4 Å². The Balaban J connectivity index is 1.77. The minimum absolute atomic E-state index is 0.0530. The highest BCUT2D eigenvalue weighted by molar-refractivity contribution is 6.01. The average molecular weight is 373 g/mol. The molecule has 1 aromatic carbocycles. The summed E-state index contributed by atoms with van der Waals surface area (Å²) in [6.45, 7) is 6.12. The zero-order valence-electron chi connectivity index (χ0n) is 16.2. The van der Waals surface area contributed by atoms with Crippen LogP contribution in [0.5, 0.6) is 0 Å². The molecular weight excluding hydrogens is 346 g/mol. The summed E-state index contributed by atoms with van der Waals surface area (Å²) in [6.07, 6.45) is 3.74. The second-order valence-electron chi connectivity index (χ2n) is 7.21. The lowest BCUT2D eigenvalue weighted by Gasteiger charge is -2.34. The van der Waals surface area contributed by atoms with Crippen LogP contribution in [0.4, 0.5) is 0 Å².